The predicted molar refractivity (Wildman–Crippen MR) is 68.4 cm³/mol. The minimum Gasteiger partial charge on any atom is -0.355 e. The number of carbonyl (C=O) groups excluding carboxylic acids is 1. The Balaban J connectivity index is 2.37. The molecule has 0 atom stereocenters. The van der Waals surface area contributed by atoms with Crippen molar-refractivity contribution in [3.63, 3.8) is 0 Å². The molecule has 0 saturated heterocycles. The van der Waals surface area contributed by atoms with Crippen LogP contribution in [-0.4, -0.2) is 26.6 Å². The van der Waals surface area contributed by atoms with Gasteiger partial charge >= 0.3 is 0 Å². The summed E-state index contributed by atoms with van der Waals surface area (Å²) >= 11 is 4.13. The zero-order valence-electron chi connectivity index (χ0n) is 9.09. The van der Waals surface area contributed by atoms with Crippen molar-refractivity contribution in [3.8, 4) is 0 Å². The number of thiol groups is 1. The summed E-state index contributed by atoms with van der Waals surface area (Å²) in [6, 6.07) is 7.16. The summed E-state index contributed by atoms with van der Waals surface area (Å²) in [5.74, 6) is -0.491. The van der Waals surface area contributed by atoms with E-state index in [4.69, 9.17) is 5.14 Å². The van der Waals surface area contributed by atoms with Gasteiger partial charge in [-0.3, -0.25) is 4.79 Å². The standard InChI is InChI=1S/C10H14N2O3S2/c11-17(14,15)6-5-12-10(13)7-8-1-3-9(16)4-2-8/h1-4,16H,5-7H2,(H,12,13)(H2,11,14,15). The fourth-order valence-electron chi connectivity index (χ4n) is 1.19. The second-order valence-electron chi connectivity index (χ2n) is 3.56. The van der Waals surface area contributed by atoms with Crippen molar-refractivity contribution in [2.75, 3.05) is 12.3 Å². The number of carbonyl (C=O) groups is 1. The maximum atomic E-state index is 11.4. The average molecular weight is 274 g/mol. The first-order valence-electron chi connectivity index (χ1n) is 4.92. The van der Waals surface area contributed by atoms with Crippen molar-refractivity contribution >= 4 is 28.6 Å². The van der Waals surface area contributed by atoms with Crippen molar-refractivity contribution in [1.82, 2.24) is 5.32 Å². The van der Waals surface area contributed by atoms with Gasteiger partial charge in [0.2, 0.25) is 15.9 Å². The number of rotatable bonds is 5. The minimum absolute atomic E-state index is 0.0301. The fourth-order valence-corrected chi connectivity index (χ4v) is 1.73. The van der Waals surface area contributed by atoms with Crippen LogP contribution in [0.1, 0.15) is 5.56 Å². The summed E-state index contributed by atoms with van der Waals surface area (Å²) in [6.45, 7) is 0.0301. The molecule has 0 spiro atoms. The molecule has 0 saturated carbocycles. The first kappa shape index (κ1) is 14.0. The van der Waals surface area contributed by atoms with Crippen LogP contribution >= 0.6 is 12.6 Å². The maximum absolute atomic E-state index is 11.4. The molecule has 1 aromatic rings. The quantitative estimate of drug-likeness (QED) is 0.656. The van der Waals surface area contributed by atoms with Crippen molar-refractivity contribution < 1.29 is 13.2 Å². The van der Waals surface area contributed by atoms with Crippen LogP contribution < -0.4 is 10.5 Å². The van der Waals surface area contributed by atoms with E-state index in [0.717, 1.165) is 10.5 Å². The Kier molecular flexibility index (Phi) is 4.98. The Hall–Kier alpha value is -1.05. The Morgan fingerprint density at radius 1 is 1.29 bits per heavy atom. The van der Waals surface area contributed by atoms with Crippen LogP contribution in [0.3, 0.4) is 0 Å². The number of amides is 1. The lowest BCUT2D eigenvalue weighted by molar-refractivity contribution is -0.120. The van der Waals surface area contributed by atoms with E-state index in [1.54, 1.807) is 24.3 Å². The lowest BCUT2D eigenvalue weighted by Gasteiger charge is -2.04. The second-order valence-corrected chi connectivity index (χ2v) is 5.81. The SMILES string of the molecule is NS(=O)(=O)CCNC(=O)Cc1ccc(S)cc1. The molecule has 5 nitrogen and oxygen atoms in total. The molecule has 94 valence electrons. The lowest BCUT2D eigenvalue weighted by atomic mass is 10.1. The maximum Gasteiger partial charge on any atom is 0.224 e. The van der Waals surface area contributed by atoms with Gasteiger partial charge < -0.3 is 5.32 Å². The van der Waals surface area contributed by atoms with Crippen LogP contribution in [0, 0.1) is 0 Å². The van der Waals surface area contributed by atoms with E-state index in [9.17, 15) is 13.2 Å². The summed E-state index contributed by atoms with van der Waals surface area (Å²) in [5.41, 5.74) is 0.843. The van der Waals surface area contributed by atoms with Gasteiger partial charge in [-0.2, -0.15) is 0 Å². The third-order valence-corrected chi connectivity index (χ3v) is 3.08. The normalized spacial score (nSPS) is 11.2. The van der Waals surface area contributed by atoms with E-state index in [2.05, 4.69) is 17.9 Å². The Morgan fingerprint density at radius 2 is 1.88 bits per heavy atom. The van der Waals surface area contributed by atoms with Crippen LogP contribution in [0.25, 0.3) is 0 Å². The molecule has 1 amide bonds. The highest BCUT2D eigenvalue weighted by Gasteiger charge is 2.06. The Bertz CT molecular complexity index is 483. The molecule has 0 radical (unpaired) electrons. The molecule has 1 rings (SSSR count). The monoisotopic (exact) mass is 274 g/mol. The van der Waals surface area contributed by atoms with Crippen molar-refractivity contribution in [2.24, 2.45) is 5.14 Å². The van der Waals surface area contributed by atoms with Crippen LogP contribution in [-0.2, 0) is 21.2 Å². The summed E-state index contributed by atoms with van der Waals surface area (Å²) < 4.78 is 21.3. The molecule has 0 unspecified atom stereocenters. The van der Waals surface area contributed by atoms with Crippen LogP contribution in [0.15, 0.2) is 29.2 Å². The van der Waals surface area contributed by atoms with Crippen molar-refractivity contribution in [3.05, 3.63) is 29.8 Å². The fraction of sp³-hybridized carbons (Fsp3) is 0.300. The minimum atomic E-state index is -3.52. The predicted octanol–water partition coefficient (Wildman–Crippen LogP) is -0.0775. The van der Waals surface area contributed by atoms with Gasteiger partial charge in [-0.15, -0.1) is 12.6 Å². The van der Waals surface area contributed by atoms with E-state index < -0.39 is 10.0 Å². The van der Waals surface area contributed by atoms with Crippen LogP contribution in [0.5, 0.6) is 0 Å². The zero-order valence-corrected chi connectivity index (χ0v) is 10.8. The number of nitrogens with one attached hydrogen (secondary N) is 1. The van der Waals surface area contributed by atoms with Crippen molar-refractivity contribution in [1.29, 1.82) is 0 Å². The highest BCUT2D eigenvalue weighted by atomic mass is 32.2. The van der Waals surface area contributed by atoms with Crippen LogP contribution in [0.4, 0.5) is 0 Å². The lowest BCUT2D eigenvalue weighted by Crippen LogP contribution is -2.32. The van der Waals surface area contributed by atoms with Crippen LogP contribution in [0.2, 0.25) is 0 Å². The molecular formula is C10H14N2O3S2. The van der Waals surface area contributed by atoms with E-state index >= 15 is 0 Å². The third-order valence-electron chi connectivity index (χ3n) is 2.01. The highest BCUT2D eigenvalue weighted by molar-refractivity contribution is 7.89. The molecule has 7 heteroatoms. The molecular weight excluding hydrogens is 260 g/mol. The number of benzene rings is 1. The van der Waals surface area contributed by atoms with Crippen molar-refractivity contribution in [2.45, 2.75) is 11.3 Å². The molecule has 0 aliphatic heterocycles. The van der Waals surface area contributed by atoms with Gasteiger partial charge in [0.15, 0.2) is 0 Å². The number of hydrogen-bond donors (Lipinski definition) is 3. The van der Waals surface area contributed by atoms with Gasteiger partial charge in [0, 0.05) is 11.4 Å². The summed E-state index contributed by atoms with van der Waals surface area (Å²) in [4.78, 5) is 12.2. The van der Waals surface area contributed by atoms with Gasteiger partial charge in [0.05, 0.1) is 12.2 Å². The van der Waals surface area contributed by atoms with E-state index in [0.29, 0.717) is 0 Å². The first-order chi connectivity index (χ1) is 7.87. The molecule has 1 aromatic carbocycles. The summed E-state index contributed by atoms with van der Waals surface area (Å²) in [6.07, 6.45) is 0.207. The summed E-state index contributed by atoms with van der Waals surface area (Å²) in [7, 11) is -3.52. The third kappa shape index (κ3) is 6.30. The Morgan fingerprint density at radius 3 is 2.41 bits per heavy atom. The number of sulfonamides is 1. The molecule has 0 aliphatic rings. The number of hydrogen-bond acceptors (Lipinski definition) is 4. The molecule has 0 bridgehead atoms. The molecule has 17 heavy (non-hydrogen) atoms. The average Bonchev–Trinajstić information content (AvgIpc) is 2.19. The second kappa shape index (κ2) is 6.04. The largest absolute Gasteiger partial charge is 0.355 e. The topological polar surface area (TPSA) is 89.3 Å². The van der Waals surface area contributed by atoms with E-state index in [-0.39, 0.29) is 24.6 Å². The van der Waals surface area contributed by atoms with Gasteiger partial charge in [0.1, 0.15) is 0 Å². The van der Waals surface area contributed by atoms with Gasteiger partial charge in [-0.25, -0.2) is 13.6 Å². The van der Waals surface area contributed by atoms with Gasteiger partial charge in [-0.05, 0) is 17.7 Å². The number of primary sulfonamides is 1. The summed E-state index contributed by atoms with van der Waals surface area (Å²) in [5, 5.41) is 7.29. The van der Waals surface area contributed by atoms with E-state index in [1.165, 1.54) is 0 Å². The Labute approximate surface area is 106 Å². The molecule has 0 aromatic heterocycles. The smallest absolute Gasteiger partial charge is 0.224 e. The van der Waals surface area contributed by atoms with Gasteiger partial charge in [-0.1, -0.05) is 12.1 Å². The number of nitrogens with two attached hydrogens (primary N) is 1. The van der Waals surface area contributed by atoms with Gasteiger partial charge in [0.25, 0.3) is 0 Å². The highest BCUT2D eigenvalue weighted by Crippen LogP contribution is 2.07. The molecule has 0 fully saturated rings. The van der Waals surface area contributed by atoms with E-state index in [1.807, 2.05) is 0 Å². The molecule has 3 N–H and O–H groups in total. The first-order valence-corrected chi connectivity index (χ1v) is 7.08. The molecule has 0 heterocycles. The zero-order chi connectivity index (χ0) is 12.9. The molecule has 0 aliphatic carbocycles.